The quantitative estimate of drug-likeness (QED) is 0.222. The number of nitrogens with zero attached hydrogens (tertiary/aromatic N) is 4. The molecule has 2 N–H and O–H groups in total. The number of hydrogen-bond donors (Lipinski definition) is 2. The highest BCUT2D eigenvalue weighted by molar-refractivity contribution is 6.05. The van der Waals surface area contributed by atoms with Crippen LogP contribution in [0, 0.1) is 24.7 Å². The first-order chi connectivity index (χ1) is 25.2. The average Bonchev–Trinajstić information content (AvgIpc) is 3.07. The fourth-order valence-corrected chi connectivity index (χ4v) is 7.95. The number of hydrogen-bond acceptors (Lipinski definition) is 10. The number of likely N-dealkylation sites (tertiary alicyclic amines) is 2. The van der Waals surface area contributed by atoms with Crippen LogP contribution in [0.1, 0.15) is 43.2 Å². The Kier molecular flexibility index (Phi) is 8.94. The summed E-state index contributed by atoms with van der Waals surface area (Å²) in [6.45, 7) is 12.7. The van der Waals surface area contributed by atoms with Gasteiger partial charge in [0.15, 0.2) is 0 Å². The molecule has 8 rings (SSSR count). The van der Waals surface area contributed by atoms with Gasteiger partial charge >= 0.3 is 0 Å². The number of methoxy groups -OCH3 is 2. The summed E-state index contributed by atoms with van der Waals surface area (Å²) in [4.78, 5) is 40.6. The number of carbonyl (C=O) groups excluding carboxylic acids is 2. The van der Waals surface area contributed by atoms with Gasteiger partial charge in [0, 0.05) is 97.1 Å². The summed E-state index contributed by atoms with van der Waals surface area (Å²) in [5.41, 5.74) is 8.06. The van der Waals surface area contributed by atoms with Gasteiger partial charge in [0.1, 0.15) is 22.9 Å². The molecule has 0 radical (unpaired) electrons. The molecule has 6 heterocycles. The number of amides is 2. The van der Waals surface area contributed by atoms with E-state index < -0.39 is 0 Å². The van der Waals surface area contributed by atoms with Crippen molar-refractivity contribution in [3.63, 3.8) is 0 Å². The highest BCUT2D eigenvalue weighted by Crippen LogP contribution is 2.40. The lowest BCUT2D eigenvalue weighted by Crippen LogP contribution is -2.65. The molecule has 0 unspecified atom stereocenters. The van der Waals surface area contributed by atoms with Gasteiger partial charge in [-0.25, -0.2) is 0 Å². The lowest BCUT2D eigenvalue weighted by Gasteiger charge is -2.55. The molecule has 52 heavy (non-hydrogen) atoms. The molecule has 2 aromatic carbocycles. The molecule has 0 atom stereocenters. The average molecular weight is 705 g/mol. The van der Waals surface area contributed by atoms with Crippen LogP contribution in [0.3, 0.4) is 0 Å². The number of pyridine rings is 2. The lowest BCUT2D eigenvalue weighted by molar-refractivity contribution is -0.191. The molecular formula is C40H44N6O6. The van der Waals surface area contributed by atoms with Gasteiger partial charge in [-0.05, 0) is 48.2 Å². The highest BCUT2D eigenvalue weighted by atomic mass is 16.5. The van der Waals surface area contributed by atoms with E-state index in [2.05, 4.69) is 30.4 Å². The van der Waals surface area contributed by atoms with Crippen LogP contribution < -0.4 is 20.1 Å². The zero-order chi connectivity index (χ0) is 36.0. The van der Waals surface area contributed by atoms with Gasteiger partial charge in [-0.2, -0.15) is 0 Å². The SMILES string of the molecule is COc1cc(C(=O)Nc2cccc(-c3cccc(NC(=O)c4cc(OC)c(CN5CC6(COC6)C5)cn4)c3C)c2C)ncc1CN1CC2(COC2)C1. The van der Waals surface area contributed by atoms with Gasteiger partial charge in [-0.3, -0.25) is 29.4 Å². The van der Waals surface area contributed by atoms with Crippen molar-refractivity contribution in [1.29, 1.82) is 0 Å². The fraction of sp³-hybridized carbons (Fsp3) is 0.400. The van der Waals surface area contributed by atoms with Crippen molar-refractivity contribution >= 4 is 23.2 Å². The largest absolute Gasteiger partial charge is 0.496 e. The molecule has 2 amide bonds. The van der Waals surface area contributed by atoms with E-state index in [4.69, 9.17) is 18.9 Å². The van der Waals surface area contributed by atoms with Crippen LogP contribution in [-0.4, -0.2) is 98.4 Å². The van der Waals surface area contributed by atoms with Crippen LogP contribution >= 0.6 is 0 Å². The van der Waals surface area contributed by atoms with Crippen molar-refractivity contribution < 1.29 is 28.5 Å². The second-order valence-corrected chi connectivity index (χ2v) is 14.9. The minimum Gasteiger partial charge on any atom is -0.496 e. The highest BCUT2D eigenvalue weighted by Gasteiger charge is 2.49. The normalized spacial score (nSPS) is 18.5. The maximum absolute atomic E-state index is 13.4. The fourth-order valence-electron chi connectivity index (χ4n) is 7.95. The molecule has 4 saturated heterocycles. The maximum atomic E-state index is 13.4. The molecule has 2 aromatic heterocycles. The number of anilines is 2. The molecular weight excluding hydrogens is 660 g/mol. The first-order valence-corrected chi connectivity index (χ1v) is 17.7. The van der Waals surface area contributed by atoms with E-state index in [1.54, 1.807) is 38.7 Å². The van der Waals surface area contributed by atoms with Gasteiger partial charge in [0.2, 0.25) is 0 Å². The molecule has 12 heteroatoms. The third-order valence-electron chi connectivity index (χ3n) is 10.9. The summed E-state index contributed by atoms with van der Waals surface area (Å²) in [5.74, 6) is 0.626. The number of aromatic nitrogens is 2. The van der Waals surface area contributed by atoms with E-state index >= 15 is 0 Å². The topological polar surface area (TPSA) is 127 Å². The summed E-state index contributed by atoms with van der Waals surface area (Å²) >= 11 is 0. The van der Waals surface area contributed by atoms with E-state index in [1.807, 2.05) is 50.2 Å². The predicted octanol–water partition coefficient (Wildman–Crippen LogP) is 4.95. The molecule has 0 saturated carbocycles. The summed E-state index contributed by atoms with van der Waals surface area (Å²) in [7, 11) is 3.23. The van der Waals surface area contributed by atoms with Gasteiger partial charge < -0.3 is 29.6 Å². The van der Waals surface area contributed by atoms with Crippen molar-refractivity contribution in [3.8, 4) is 22.6 Å². The van der Waals surface area contributed by atoms with E-state index in [0.29, 0.717) is 46.8 Å². The molecule has 270 valence electrons. The minimum atomic E-state index is -0.326. The van der Waals surface area contributed by atoms with Crippen LogP contribution in [-0.2, 0) is 22.6 Å². The Balaban J connectivity index is 0.939. The molecule has 0 bridgehead atoms. The summed E-state index contributed by atoms with van der Waals surface area (Å²) in [6, 6.07) is 15.0. The van der Waals surface area contributed by atoms with E-state index in [-0.39, 0.29) is 23.2 Å². The van der Waals surface area contributed by atoms with Gasteiger partial charge in [0.25, 0.3) is 11.8 Å². The molecule has 12 nitrogen and oxygen atoms in total. The molecule has 2 spiro atoms. The number of nitrogens with one attached hydrogen (secondary N) is 2. The summed E-state index contributed by atoms with van der Waals surface area (Å²) < 4.78 is 22.1. The Morgan fingerprint density at radius 2 is 1.10 bits per heavy atom. The second-order valence-electron chi connectivity index (χ2n) is 14.9. The molecule has 4 aliphatic heterocycles. The van der Waals surface area contributed by atoms with Crippen molar-refractivity contribution in [2.24, 2.45) is 10.8 Å². The second kappa shape index (κ2) is 13.6. The zero-order valence-electron chi connectivity index (χ0n) is 30.1. The summed E-state index contributed by atoms with van der Waals surface area (Å²) in [6.07, 6.45) is 3.46. The van der Waals surface area contributed by atoms with E-state index in [1.165, 1.54) is 0 Å². The van der Waals surface area contributed by atoms with Gasteiger partial charge in [0.05, 0.1) is 40.6 Å². The number of rotatable bonds is 11. The Hall–Kier alpha value is -4.88. The Morgan fingerprint density at radius 1 is 0.692 bits per heavy atom. The van der Waals surface area contributed by atoms with Crippen molar-refractivity contribution in [3.05, 3.63) is 94.6 Å². The standard InChI is InChI=1S/C40H44N6O6/c1-25-29(7-5-9-31(25)43-37(47)33-11-35(49-3)27(13-41-33)15-45-17-39(18-45)21-51-22-39)30-8-6-10-32(26(30)2)44-38(48)34-12-36(50-4)28(14-42-34)16-46-19-40(20-46)23-52-24-40/h5-14H,15-24H2,1-4H3,(H,43,47)(H,44,48). The molecule has 4 aliphatic rings. The first-order valence-electron chi connectivity index (χ1n) is 17.7. The molecule has 4 fully saturated rings. The first kappa shape index (κ1) is 34.2. The molecule has 4 aromatic rings. The minimum absolute atomic E-state index is 0.273. The van der Waals surface area contributed by atoms with Gasteiger partial charge in [-0.15, -0.1) is 0 Å². The van der Waals surface area contributed by atoms with Gasteiger partial charge in [-0.1, -0.05) is 24.3 Å². The third kappa shape index (κ3) is 6.40. The summed E-state index contributed by atoms with van der Waals surface area (Å²) in [5, 5.41) is 6.10. The van der Waals surface area contributed by atoms with Crippen LogP contribution in [0.15, 0.2) is 60.9 Å². The van der Waals surface area contributed by atoms with Crippen molar-refractivity contribution in [1.82, 2.24) is 19.8 Å². The maximum Gasteiger partial charge on any atom is 0.274 e. The van der Waals surface area contributed by atoms with Crippen LogP contribution in [0.25, 0.3) is 11.1 Å². The van der Waals surface area contributed by atoms with E-state index in [0.717, 1.165) is 86.0 Å². The third-order valence-corrected chi connectivity index (χ3v) is 10.9. The number of ether oxygens (including phenoxy) is 4. The number of benzene rings is 2. The Morgan fingerprint density at radius 3 is 1.44 bits per heavy atom. The monoisotopic (exact) mass is 704 g/mol. The van der Waals surface area contributed by atoms with E-state index in [9.17, 15) is 9.59 Å². The van der Waals surface area contributed by atoms with Crippen molar-refractivity contribution in [2.45, 2.75) is 26.9 Å². The van der Waals surface area contributed by atoms with Crippen molar-refractivity contribution in [2.75, 3.05) is 77.5 Å². The molecule has 0 aliphatic carbocycles. The zero-order valence-corrected chi connectivity index (χ0v) is 30.1. The number of carbonyl (C=O) groups is 2. The van der Waals surface area contributed by atoms with Crippen LogP contribution in [0.5, 0.6) is 11.5 Å². The smallest absolute Gasteiger partial charge is 0.274 e. The predicted molar refractivity (Wildman–Crippen MR) is 196 cm³/mol. The lowest BCUT2D eigenvalue weighted by atomic mass is 9.78. The Bertz CT molecular complexity index is 1880. The van der Waals surface area contributed by atoms with Crippen LogP contribution in [0.4, 0.5) is 11.4 Å². The van der Waals surface area contributed by atoms with Crippen LogP contribution in [0.2, 0.25) is 0 Å². The Labute approximate surface area is 303 Å².